The molecule has 1 N–H and O–H groups in total. The Labute approximate surface area is 242 Å². The van der Waals surface area contributed by atoms with Gasteiger partial charge in [0.25, 0.3) is 0 Å². The van der Waals surface area contributed by atoms with Crippen LogP contribution in [-0.2, 0) is 29.0 Å². The van der Waals surface area contributed by atoms with Crippen LogP contribution in [0.2, 0.25) is 0 Å². The first-order valence-corrected chi connectivity index (χ1v) is 14.0. The molecule has 4 rings (SSSR count). The second-order valence-corrected chi connectivity index (χ2v) is 10.5. The van der Waals surface area contributed by atoms with E-state index in [0.29, 0.717) is 56.6 Å². The van der Waals surface area contributed by atoms with E-state index in [-0.39, 0.29) is 25.7 Å². The molecule has 0 saturated carbocycles. The van der Waals surface area contributed by atoms with E-state index < -0.39 is 5.60 Å². The highest BCUT2D eigenvalue weighted by Gasteiger charge is 2.37. The van der Waals surface area contributed by atoms with Gasteiger partial charge >= 0.3 is 0 Å². The Morgan fingerprint density at radius 3 is 2.59 bits per heavy atom. The number of aliphatic hydroxyl groups is 1. The first-order valence-electron chi connectivity index (χ1n) is 14.0. The van der Waals surface area contributed by atoms with Crippen molar-refractivity contribution in [3.05, 3.63) is 71.8 Å². The van der Waals surface area contributed by atoms with Gasteiger partial charge in [0, 0.05) is 52.1 Å². The number of aromatic nitrogens is 2. The van der Waals surface area contributed by atoms with Crippen molar-refractivity contribution in [2.45, 2.75) is 39.0 Å². The molecule has 10 nitrogen and oxygen atoms in total. The number of methoxy groups -OCH3 is 2. The van der Waals surface area contributed by atoms with Crippen LogP contribution < -0.4 is 14.2 Å². The first kappa shape index (κ1) is 30.4. The molecule has 0 aliphatic carbocycles. The minimum atomic E-state index is -1.28. The van der Waals surface area contributed by atoms with Crippen molar-refractivity contribution in [3.63, 3.8) is 0 Å². The van der Waals surface area contributed by atoms with Crippen LogP contribution in [-0.4, -0.2) is 96.2 Å². The lowest BCUT2D eigenvalue weighted by Crippen LogP contribution is -2.52. The van der Waals surface area contributed by atoms with Gasteiger partial charge in [-0.25, -0.2) is 4.98 Å². The number of β-amino-alcohol motifs (C(OH)–C–C–N with tert-alkyl or cyclic N) is 1. The van der Waals surface area contributed by atoms with Crippen molar-refractivity contribution in [2.75, 3.05) is 60.2 Å². The second-order valence-electron chi connectivity index (χ2n) is 10.5. The van der Waals surface area contributed by atoms with E-state index in [4.69, 9.17) is 18.9 Å². The minimum absolute atomic E-state index is 0.0336. The van der Waals surface area contributed by atoms with E-state index in [1.807, 2.05) is 55.6 Å². The van der Waals surface area contributed by atoms with E-state index >= 15 is 0 Å². The monoisotopic (exact) mass is 566 g/mol. The zero-order valence-corrected chi connectivity index (χ0v) is 24.5. The SMILES string of the molecule is CCc1nccn1CCOc1ccc(CN2CCN(C(=O)COC)CC(O)(COc3ccc(C)cc3)C2)cc1OC. The largest absolute Gasteiger partial charge is 0.493 e. The second kappa shape index (κ2) is 14.3. The van der Waals surface area contributed by atoms with E-state index in [1.165, 1.54) is 7.11 Å². The highest BCUT2D eigenvalue weighted by atomic mass is 16.5. The molecule has 1 aliphatic heterocycles. The molecule has 2 heterocycles. The lowest BCUT2D eigenvalue weighted by atomic mass is 10.0. The topological polar surface area (TPSA) is 98.5 Å². The molecule has 41 heavy (non-hydrogen) atoms. The predicted molar refractivity (Wildman–Crippen MR) is 155 cm³/mol. The van der Waals surface area contributed by atoms with Gasteiger partial charge in [-0.05, 0) is 36.8 Å². The van der Waals surface area contributed by atoms with Crippen molar-refractivity contribution in [1.82, 2.24) is 19.4 Å². The Bertz CT molecular complexity index is 1260. The molecular formula is C31H42N4O6. The standard InChI is InChI=1S/C31H42N4O6/c1-5-29-32-12-13-34(29)16-17-40-27-11-8-25(18-28(27)39-4)19-33-14-15-35(30(36)20-38-3)22-31(37,21-33)23-41-26-9-6-24(2)7-10-26/h6-13,18,37H,5,14-17,19-23H2,1-4H3. The third-order valence-electron chi connectivity index (χ3n) is 7.18. The Balaban J connectivity index is 1.43. The zero-order chi connectivity index (χ0) is 29.2. The number of benzene rings is 2. The summed E-state index contributed by atoms with van der Waals surface area (Å²) >= 11 is 0. The number of amides is 1. The van der Waals surface area contributed by atoms with Gasteiger partial charge < -0.3 is 33.5 Å². The molecule has 1 unspecified atom stereocenters. The van der Waals surface area contributed by atoms with Gasteiger partial charge in [-0.2, -0.15) is 0 Å². The number of carbonyl (C=O) groups is 1. The van der Waals surface area contributed by atoms with Crippen molar-refractivity contribution >= 4 is 5.91 Å². The summed E-state index contributed by atoms with van der Waals surface area (Å²) in [4.78, 5) is 20.9. The quantitative estimate of drug-likeness (QED) is 0.337. The normalized spacial score (nSPS) is 17.7. The van der Waals surface area contributed by atoms with Gasteiger partial charge in [-0.3, -0.25) is 9.69 Å². The number of imidazole rings is 1. The van der Waals surface area contributed by atoms with E-state index in [1.54, 1.807) is 18.2 Å². The summed E-state index contributed by atoms with van der Waals surface area (Å²) in [6, 6.07) is 13.6. The summed E-state index contributed by atoms with van der Waals surface area (Å²) in [5.41, 5.74) is 0.863. The number of nitrogens with zero attached hydrogens (tertiary/aromatic N) is 4. The van der Waals surface area contributed by atoms with Crippen molar-refractivity contribution < 1.29 is 28.8 Å². The molecule has 1 aromatic heterocycles. The third-order valence-corrected chi connectivity index (χ3v) is 7.18. The highest BCUT2D eigenvalue weighted by Crippen LogP contribution is 2.29. The zero-order valence-electron chi connectivity index (χ0n) is 24.5. The van der Waals surface area contributed by atoms with E-state index in [9.17, 15) is 9.90 Å². The van der Waals surface area contributed by atoms with Crippen LogP contribution in [0.1, 0.15) is 23.9 Å². The summed E-state index contributed by atoms with van der Waals surface area (Å²) < 4.78 is 24.8. The number of ether oxygens (including phenoxy) is 4. The van der Waals surface area contributed by atoms with Crippen LogP contribution in [0.4, 0.5) is 0 Å². The van der Waals surface area contributed by atoms with Crippen LogP contribution >= 0.6 is 0 Å². The lowest BCUT2D eigenvalue weighted by molar-refractivity contribution is -0.138. The van der Waals surface area contributed by atoms with Crippen molar-refractivity contribution in [1.29, 1.82) is 0 Å². The number of carbonyl (C=O) groups excluding carboxylic acids is 1. The molecule has 0 radical (unpaired) electrons. The molecule has 1 aliphatic rings. The Kier molecular flexibility index (Phi) is 10.6. The van der Waals surface area contributed by atoms with Gasteiger partial charge in [0.15, 0.2) is 11.5 Å². The van der Waals surface area contributed by atoms with Crippen molar-refractivity contribution in [2.24, 2.45) is 0 Å². The van der Waals surface area contributed by atoms with Gasteiger partial charge in [0.1, 0.15) is 37.0 Å². The summed E-state index contributed by atoms with van der Waals surface area (Å²) in [5, 5.41) is 11.7. The molecule has 0 spiro atoms. The molecule has 1 atom stereocenters. The van der Waals surface area contributed by atoms with Crippen LogP contribution in [0.25, 0.3) is 0 Å². The van der Waals surface area contributed by atoms with E-state index in [0.717, 1.165) is 23.4 Å². The van der Waals surface area contributed by atoms with E-state index in [2.05, 4.69) is 21.4 Å². The van der Waals surface area contributed by atoms with Crippen LogP contribution in [0.3, 0.4) is 0 Å². The van der Waals surface area contributed by atoms with Gasteiger partial charge in [0.2, 0.25) is 5.91 Å². The van der Waals surface area contributed by atoms with Gasteiger partial charge in [-0.1, -0.05) is 30.7 Å². The Morgan fingerprint density at radius 1 is 1.05 bits per heavy atom. The molecule has 1 saturated heterocycles. The molecule has 1 fully saturated rings. The molecule has 0 bridgehead atoms. The molecule has 3 aromatic rings. The minimum Gasteiger partial charge on any atom is -0.493 e. The number of hydrogen-bond donors (Lipinski definition) is 1. The molecule has 222 valence electrons. The molecule has 2 aromatic carbocycles. The average molecular weight is 567 g/mol. The van der Waals surface area contributed by atoms with Gasteiger partial charge in [-0.15, -0.1) is 0 Å². The molecule has 1 amide bonds. The first-order chi connectivity index (χ1) is 19.8. The van der Waals surface area contributed by atoms with Crippen LogP contribution in [0, 0.1) is 6.92 Å². The maximum absolute atomic E-state index is 12.7. The fourth-order valence-electron chi connectivity index (χ4n) is 5.05. The number of hydrogen-bond acceptors (Lipinski definition) is 8. The number of aryl methyl sites for hydroxylation is 2. The average Bonchev–Trinajstić information content (AvgIpc) is 3.35. The van der Waals surface area contributed by atoms with Crippen LogP contribution in [0.15, 0.2) is 54.9 Å². The lowest BCUT2D eigenvalue weighted by Gasteiger charge is -2.33. The summed E-state index contributed by atoms with van der Waals surface area (Å²) in [6.45, 7) is 7.42. The summed E-state index contributed by atoms with van der Waals surface area (Å²) in [7, 11) is 3.12. The summed E-state index contributed by atoms with van der Waals surface area (Å²) in [5.74, 6) is 2.86. The fraction of sp³-hybridized carbons (Fsp3) is 0.484. The highest BCUT2D eigenvalue weighted by molar-refractivity contribution is 5.77. The summed E-state index contributed by atoms with van der Waals surface area (Å²) in [6.07, 6.45) is 4.63. The smallest absolute Gasteiger partial charge is 0.248 e. The molecule has 10 heteroatoms. The Morgan fingerprint density at radius 2 is 1.85 bits per heavy atom. The van der Waals surface area contributed by atoms with Crippen molar-refractivity contribution in [3.8, 4) is 17.2 Å². The maximum Gasteiger partial charge on any atom is 0.248 e. The predicted octanol–water partition coefficient (Wildman–Crippen LogP) is 2.94. The Hall–Kier alpha value is -3.60. The molecular weight excluding hydrogens is 524 g/mol. The fourth-order valence-corrected chi connectivity index (χ4v) is 5.05. The van der Waals surface area contributed by atoms with Gasteiger partial charge in [0.05, 0.1) is 20.2 Å². The number of rotatable bonds is 13. The third kappa shape index (κ3) is 8.45. The maximum atomic E-state index is 12.7. The van der Waals surface area contributed by atoms with Crippen LogP contribution in [0.5, 0.6) is 17.2 Å².